The van der Waals surface area contributed by atoms with Gasteiger partial charge in [0, 0.05) is 13.1 Å². The second-order valence-corrected chi connectivity index (χ2v) is 8.38. The van der Waals surface area contributed by atoms with Crippen molar-refractivity contribution in [2.75, 3.05) is 11.9 Å². The summed E-state index contributed by atoms with van der Waals surface area (Å²) >= 11 is 12.4. The number of para-hydroxylation sites is 1. The van der Waals surface area contributed by atoms with Crippen LogP contribution in [0.5, 0.6) is 0 Å². The van der Waals surface area contributed by atoms with E-state index in [1.807, 2.05) is 39.0 Å². The molecule has 0 aliphatic carbocycles. The average molecular weight is 475 g/mol. The quantitative estimate of drug-likeness (QED) is 0.404. The Hall–Kier alpha value is -2.57. The Morgan fingerprint density at radius 2 is 1.84 bits per heavy atom. The summed E-state index contributed by atoms with van der Waals surface area (Å²) in [5, 5.41) is 4.12. The minimum absolute atomic E-state index is 0.0827. The van der Waals surface area contributed by atoms with Crippen LogP contribution in [0.25, 0.3) is 10.9 Å². The minimum atomic E-state index is -0.378. The van der Waals surface area contributed by atoms with Crippen molar-refractivity contribution in [3.8, 4) is 0 Å². The van der Waals surface area contributed by atoms with Crippen molar-refractivity contribution in [3.05, 3.63) is 68.7 Å². The van der Waals surface area contributed by atoms with E-state index in [9.17, 15) is 9.59 Å². The van der Waals surface area contributed by atoms with Crippen molar-refractivity contribution in [1.29, 1.82) is 0 Å². The maximum Gasteiger partial charge on any atom is 0.322 e. The number of anilines is 1. The first-order chi connectivity index (χ1) is 15.4. The third-order valence-electron chi connectivity index (χ3n) is 5.32. The van der Waals surface area contributed by atoms with Crippen LogP contribution < -0.4 is 10.9 Å². The number of hydrogen-bond acceptors (Lipinski definition) is 3. The van der Waals surface area contributed by atoms with Gasteiger partial charge in [-0.2, -0.15) is 0 Å². The molecule has 2 amide bonds. The molecule has 1 unspecified atom stereocenters. The lowest BCUT2D eigenvalue weighted by molar-refractivity contribution is 0.180. The number of nitrogens with zero attached hydrogens (tertiary/aromatic N) is 3. The molecule has 1 heterocycles. The number of aromatic nitrogens is 2. The van der Waals surface area contributed by atoms with Gasteiger partial charge in [0.25, 0.3) is 5.56 Å². The maximum absolute atomic E-state index is 13.4. The number of halogens is 2. The molecule has 8 heteroatoms. The van der Waals surface area contributed by atoms with Gasteiger partial charge in [0.1, 0.15) is 5.82 Å². The van der Waals surface area contributed by atoms with Gasteiger partial charge in [0.2, 0.25) is 0 Å². The van der Waals surface area contributed by atoms with Gasteiger partial charge in [-0.1, -0.05) is 62.2 Å². The zero-order valence-corrected chi connectivity index (χ0v) is 20.1. The zero-order chi connectivity index (χ0) is 23.3. The van der Waals surface area contributed by atoms with E-state index in [0.717, 1.165) is 12.8 Å². The van der Waals surface area contributed by atoms with Crippen molar-refractivity contribution >= 4 is 45.8 Å². The monoisotopic (exact) mass is 474 g/mol. The lowest BCUT2D eigenvalue weighted by Crippen LogP contribution is -2.41. The number of amides is 2. The highest BCUT2D eigenvalue weighted by Crippen LogP contribution is 2.31. The van der Waals surface area contributed by atoms with Crippen molar-refractivity contribution in [1.82, 2.24) is 14.5 Å². The fraction of sp³-hybridized carbons (Fsp3) is 0.375. The van der Waals surface area contributed by atoms with E-state index in [4.69, 9.17) is 28.2 Å². The third-order valence-corrected chi connectivity index (χ3v) is 6.14. The van der Waals surface area contributed by atoms with Crippen molar-refractivity contribution in [3.63, 3.8) is 0 Å². The standard InChI is InChI=1S/C24H28Cl2N4O2/c1-4-14-29(24(32)28-19-13-9-11-17(25)21(19)26)20(6-3)22-27-18-12-8-7-10-16(18)23(31)30(22)15-5-2/h7-13,20H,4-6,14-15H2,1-3H3,(H,28,32). The van der Waals surface area contributed by atoms with Gasteiger partial charge < -0.3 is 10.2 Å². The van der Waals surface area contributed by atoms with Gasteiger partial charge in [-0.25, -0.2) is 9.78 Å². The molecule has 0 spiro atoms. The fourth-order valence-corrected chi connectivity index (χ4v) is 4.20. The van der Waals surface area contributed by atoms with Crippen LogP contribution in [0.4, 0.5) is 10.5 Å². The Morgan fingerprint density at radius 3 is 2.53 bits per heavy atom. The number of carbonyl (C=O) groups is 1. The normalized spacial score (nSPS) is 12.0. The number of fused-ring (bicyclic) bond motifs is 1. The van der Waals surface area contributed by atoms with Gasteiger partial charge in [-0.05, 0) is 43.5 Å². The van der Waals surface area contributed by atoms with Crippen LogP contribution in [-0.4, -0.2) is 27.0 Å². The van der Waals surface area contributed by atoms with E-state index < -0.39 is 0 Å². The number of nitrogens with one attached hydrogen (secondary N) is 1. The minimum Gasteiger partial charge on any atom is -0.314 e. The van der Waals surface area contributed by atoms with Crippen molar-refractivity contribution in [2.45, 2.75) is 52.6 Å². The average Bonchev–Trinajstić information content (AvgIpc) is 2.79. The molecule has 2 aromatic carbocycles. The first-order valence-electron chi connectivity index (χ1n) is 10.9. The summed E-state index contributed by atoms with van der Waals surface area (Å²) in [5.74, 6) is 0.596. The van der Waals surface area contributed by atoms with Crippen LogP contribution in [0.15, 0.2) is 47.3 Å². The molecule has 1 aromatic heterocycles. The molecule has 6 nitrogen and oxygen atoms in total. The number of rotatable bonds is 8. The van der Waals surface area contributed by atoms with E-state index in [0.29, 0.717) is 52.0 Å². The molecule has 3 rings (SSSR count). The molecule has 1 N–H and O–H groups in total. The predicted octanol–water partition coefficient (Wildman–Crippen LogP) is 6.51. The molecule has 0 aliphatic rings. The van der Waals surface area contributed by atoms with Crippen LogP contribution in [-0.2, 0) is 6.54 Å². The second kappa shape index (κ2) is 10.8. The fourth-order valence-electron chi connectivity index (χ4n) is 3.85. The van der Waals surface area contributed by atoms with Gasteiger partial charge in [0.05, 0.1) is 32.7 Å². The Bertz CT molecular complexity index is 1160. The summed E-state index contributed by atoms with van der Waals surface area (Å²) in [6, 6.07) is 11.7. The molecule has 0 saturated carbocycles. The SMILES string of the molecule is CCCN(C(=O)Nc1cccc(Cl)c1Cl)C(CC)c1nc2ccccc2c(=O)n1CCC. The Labute approximate surface area is 198 Å². The highest BCUT2D eigenvalue weighted by atomic mass is 35.5. The number of urea groups is 1. The molecule has 0 fully saturated rings. The summed E-state index contributed by atoms with van der Waals surface area (Å²) in [6.45, 7) is 7.04. The highest BCUT2D eigenvalue weighted by molar-refractivity contribution is 6.43. The first-order valence-corrected chi connectivity index (χ1v) is 11.7. The van der Waals surface area contributed by atoms with Gasteiger partial charge in [-0.3, -0.25) is 9.36 Å². The van der Waals surface area contributed by atoms with E-state index in [1.54, 1.807) is 33.7 Å². The summed E-state index contributed by atoms with van der Waals surface area (Å²) in [5.41, 5.74) is 0.992. The lowest BCUT2D eigenvalue weighted by atomic mass is 10.1. The van der Waals surface area contributed by atoms with Gasteiger partial charge in [-0.15, -0.1) is 0 Å². The molecule has 0 saturated heterocycles. The Balaban J connectivity index is 2.07. The van der Waals surface area contributed by atoms with Gasteiger partial charge in [0.15, 0.2) is 0 Å². The molecule has 0 bridgehead atoms. The van der Waals surface area contributed by atoms with Crippen LogP contribution in [0.1, 0.15) is 51.9 Å². The third kappa shape index (κ3) is 4.92. The highest BCUT2D eigenvalue weighted by Gasteiger charge is 2.28. The van der Waals surface area contributed by atoms with E-state index >= 15 is 0 Å². The summed E-state index contributed by atoms with van der Waals surface area (Å²) in [4.78, 5) is 33.2. The Morgan fingerprint density at radius 1 is 1.09 bits per heavy atom. The van der Waals surface area contributed by atoms with Gasteiger partial charge >= 0.3 is 6.03 Å². The molecule has 170 valence electrons. The smallest absolute Gasteiger partial charge is 0.314 e. The number of hydrogen-bond donors (Lipinski definition) is 1. The molecule has 0 aliphatic heterocycles. The number of carbonyl (C=O) groups excluding carboxylic acids is 1. The van der Waals surface area contributed by atoms with Crippen LogP contribution in [0.3, 0.4) is 0 Å². The molecule has 32 heavy (non-hydrogen) atoms. The molecule has 0 radical (unpaired) electrons. The molecular formula is C24H28Cl2N4O2. The van der Waals surface area contributed by atoms with Crippen molar-refractivity contribution in [2.24, 2.45) is 0 Å². The summed E-state index contributed by atoms with van der Waals surface area (Å²) < 4.78 is 1.71. The predicted molar refractivity (Wildman–Crippen MR) is 132 cm³/mol. The van der Waals surface area contributed by atoms with Crippen molar-refractivity contribution < 1.29 is 4.79 Å². The lowest BCUT2D eigenvalue weighted by Gasteiger charge is -2.32. The van der Waals surface area contributed by atoms with Crippen LogP contribution >= 0.6 is 23.2 Å². The maximum atomic E-state index is 13.4. The topological polar surface area (TPSA) is 67.2 Å². The van der Waals surface area contributed by atoms with E-state index in [-0.39, 0.29) is 17.6 Å². The molecule has 1 atom stereocenters. The Kier molecular flexibility index (Phi) is 8.15. The summed E-state index contributed by atoms with van der Waals surface area (Å²) in [7, 11) is 0. The largest absolute Gasteiger partial charge is 0.322 e. The summed E-state index contributed by atoms with van der Waals surface area (Å²) in [6.07, 6.45) is 2.13. The van der Waals surface area contributed by atoms with E-state index in [1.165, 1.54) is 0 Å². The van der Waals surface area contributed by atoms with Crippen LogP contribution in [0, 0.1) is 0 Å². The molecular weight excluding hydrogens is 447 g/mol. The number of benzene rings is 2. The van der Waals surface area contributed by atoms with E-state index in [2.05, 4.69) is 5.32 Å². The first kappa shape index (κ1) is 24.1. The second-order valence-electron chi connectivity index (χ2n) is 7.59. The zero-order valence-electron chi connectivity index (χ0n) is 18.6. The molecule has 3 aromatic rings. The van der Waals surface area contributed by atoms with Crippen LogP contribution in [0.2, 0.25) is 10.0 Å².